The lowest BCUT2D eigenvalue weighted by atomic mass is 9.43. The van der Waals surface area contributed by atoms with E-state index in [0.717, 1.165) is 25.7 Å². The van der Waals surface area contributed by atoms with Gasteiger partial charge in [0.1, 0.15) is 11.9 Å². The van der Waals surface area contributed by atoms with Crippen LogP contribution in [0.3, 0.4) is 0 Å². The molecule has 0 amide bonds. The highest BCUT2D eigenvalue weighted by Gasteiger charge is 2.67. The molecule has 5 rings (SSSR count). The number of rotatable bonds is 1. The average molecular weight is 447 g/mol. The Labute approximate surface area is 192 Å². The third-order valence-corrected chi connectivity index (χ3v) is 10.8. The Balaban J connectivity index is 1.51. The van der Waals surface area contributed by atoms with Crippen molar-refractivity contribution in [1.29, 1.82) is 0 Å². The highest BCUT2D eigenvalue weighted by atomic mass is 16.5. The van der Waals surface area contributed by atoms with E-state index in [1.54, 1.807) is 0 Å². The van der Waals surface area contributed by atoms with Gasteiger partial charge >= 0.3 is 0 Å². The Morgan fingerprint density at radius 1 is 1.00 bits per heavy atom. The standard InChI is InChI=1S/C27H42O5/c1-13(2)25-20(30)8-14(3)23-22(32-25)11-17-16-10-19(29)18-9-15(28)6-7-26(18,4)24(16)21(31)12-27(17,23)5/h13-18,21-25,28,31H,6-12H2,1-5H3. The summed E-state index contributed by atoms with van der Waals surface area (Å²) in [7, 11) is 0. The molecule has 0 bridgehead atoms. The van der Waals surface area contributed by atoms with Gasteiger partial charge in [-0.15, -0.1) is 0 Å². The van der Waals surface area contributed by atoms with E-state index in [-0.39, 0.29) is 64.3 Å². The predicted molar refractivity (Wildman–Crippen MR) is 121 cm³/mol. The number of carbonyl (C=O) groups excluding carboxylic acids is 2. The summed E-state index contributed by atoms with van der Waals surface area (Å²) in [5.74, 6) is 1.62. The van der Waals surface area contributed by atoms with Crippen molar-refractivity contribution < 1.29 is 24.5 Å². The number of fused-ring (bicyclic) bond motifs is 7. The summed E-state index contributed by atoms with van der Waals surface area (Å²) in [5, 5.41) is 21.9. The molecule has 5 fully saturated rings. The summed E-state index contributed by atoms with van der Waals surface area (Å²) < 4.78 is 6.58. The Morgan fingerprint density at radius 2 is 1.72 bits per heavy atom. The van der Waals surface area contributed by atoms with Crippen LogP contribution in [-0.4, -0.2) is 46.2 Å². The number of ether oxygens (including phenoxy) is 1. The monoisotopic (exact) mass is 446 g/mol. The van der Waals surface area contributed by atoms with E-state index in [1.807, 2.05) is 0 Å². The maximum Gasteiger partial charge on any atom is 0.162 e. The lowest BCUT2D eigenvalue weighted by Crippen LogP contribution is -2.61. The van der Waals surface area contributed by atoms with Gasteiger partial charge in [-0.1, -0.05) is 34.6 Å². The zero-order valence-electron chi connectivity index (χ0n) is 20.4. The van der Waals surface area contributed by atoms with Gasteiger partial charge in [-0.3, -0.25) is 9.59 Å². The molecule has 0 aromatic heterocycles. The summed E-state index contributed by atoms with van der Waals surface area (Å²) in [4.78, 5) is 26.3. The van der Waals surface area contributed by atoms with Crippen molar-refractivity contribution in [2.75, 3.05) is 0 Å². The fourth-order valence-corrected chi connectivity index (χ4v) is 9.69. The van der Waals surface area contributed by atoms with Crippen molar-refractivity contribution in [1.82, 2.24) is 0 Å². The largest absolute Gasteiger partial charge is 0.393 e. The summed E-state index contributed by atoms with van der Waals surface area (Å²) >= 11 is 0. The van der Waals surface area contributed by atoms with E-state index >= 15 is 0 Å². The first-order valence-corrected chi connectivity index (χ1v) is 13.0. The fourth-order valence-electron chi connectivity index (χ4n) is 9.69. The normalized spacial score (nSPS) is 55.6. The Morgan fingerprint density at radius 3 is 2.41 bits per heavy atom. The third kappa shape index (κ3) is 3.13. The highest BCUT2D eigenvalue weighted by molar-refractivity contribution is 5.84. The van der Waals surface area contributed by atoms with Crippen molar-refractivity contribution in [2.45, 2.75) is 104 Å². The van der Waals surface area contributed by atoms with Crippen LogP contribution in [0.4, 0.5) is 0 Å². The van der Waals surface area contributed by atoms with Crippen LogP contribution in [0.25, 0.3) is 0 Å². The summed E-state index contributed by atoms with van der Waals surface area (Å²) in [6.07, 6.45) is 3.64. The molecule has 0 radical (unpaired) electrons. The minimum atomic E-state index is -0.442. The maximum atomic E-state index is 13.4. The van der Waals surface area contributed by atoms with Crippen LogP contribution in [-0.2, 0) is 14.3 Å². The van der Waals surface area contributed by atoms with Gasteiger partial charge in [-0.05, 0) is 78.4 Å². The molecular weight excluding hydrogens is 404 g/mol. The molecule has 0 spiro atoms. The van der Waals surface area contributed by atoms with Crippen LogP contribution >= 0.6 is 0 Å². The first kappa shape index (κ1) is 23.0. The van der Waals surface area contributed by atoms with E-state index in [1.165, 1.54) is 0 Å². The fraction of sp³-hybridized carbons (Fsp3) is 0.926. The predicted octanol–water partition coefficient (Wildman–Crippen LogP) is 3.78. The van der Waals surface area contributed by atoms with E-state index < -0.39 is 12.2 Å². The minimum Gasteiger partial charge on any atom is -0.393 e. The lowest BCUT2D eigenvalue weighted by Gasteiger charge is -2.61. The van der Waals surface area contributed by atoms with Gasteiger partial charge in [-0.25, -0.2) is 0 Å². The van der Waals surface area contributed by atoms with Crippen molar-refractivity contribution in [3.63, 3.8) is 0 Å². The van der Waals surface area contributed by atoms with E-state index in [4.69, 9.17) is 4.74 Å². The molecule has 0 aromatic carbocycles. The van der Waals surface area contributed by atoms with E-state index in [9.17, 15) is 19.8 Å². The molecule has 2 N–H and O–H groups in total. The molecular formula is C27H42O5. The molecule has 4 aliphatic carbocycles. The van der Waals surface area contributed by atoms with Crippen LogP contribution < -0.4 is 0 Å². The molecule has 12 atom stereocenters. The Bertz CT molecular complexity index is 793. The second-order valence-corrected chi connectivity index (χ2v) is 13.0. The molecule has 5 aliphatic rings. The second kappa shape index (κ2) is 7.61. The van der Waals surface area contributed by atoms with Gasteiger partial charge in [0.15, 0.2) is 5.78 Å². The van der Waals surface area contributed by atoms with Gasteiger partial charge < -0.3 is 14.9 Å². The van der Waals surface area contributed by atoms with Crippen molar-refractivity contribution in [3.05, 3.63) is 0 Å². The zero-order chi connectivity index (χ0) is 23.2. The van der Waals surface area contributed by atoms with Crippen molar-refractivity contribution in [2.24, 2.45) is 52.3 Å². The van der Waals surface area contributed by atoms with Crippen LogP contribution in [0, 0.1) is 52.3 Å². The average Bonchev–Trinajstić information content (AvgIpc) is 2.90. The van der Waals surface area contributed by atoms with Crippen LogP contribution in [0.15, 0.2) is 0 Å². The number of aliphatic hydroxyl groups excluding tert-OH is 2. The van der Waals surface area contributed by atoms with Gasteiger partial charge in [0, 0.05) is 18.8 Å². The van der Waals surface area contributed by atoms with E-state index in [2.05, 4.69) is 34.6 Å². The number of Topliss-reactive ketones (excluding diaryl/α,β-unsaturated/α-hetero) is 2. The Hall–Kier alpha value is -0.780. The van der Waals surface area contributed by atoms with E-state index in [0.29, 0.717) is 31.0 Å². The number of ketones is 2. The molecule has 0 aromatic rings. The number of carbonyl (C=O) groups is 2. The minimum absolute atomic E-state index is 0.0265. The zero-order valence-corrected chi connectivity index (χ0v) is 20.4. The molecule has 1 heterocycles. The Kier molecular flexibility index (Phi) is 5.47. The molecule has 1 saturated heterocycles. The molecule has 12 unspecified atom stereocenters. The lowest BCUT2D eigenvalue weighted by molar-refractivity contribution is -0.185. The number of hydrogen-bond acceptors (Lipinski definition) is 5. The smallest absolute Gasteiger partial charge is 0.162 e. The second-order valence-electron chi connectivity index (χ2n) is 13.0. The molecule has 5 heteroatoms. The third-order valence-electron chi connectivity index (χ3n) is 10.8. The van der Waals surface area contributed by atoms with Crippen LogP contribution in [0.5, 0.6) is 0 Å². The van der Waals surface area contributed by atoms with Crippen LogP contribution in [0.2, 0.25) is 0 Å². The van der Waals surface area contributed by atoms with Gasteiger partial charge in [0.05, 0.1) is 18.3 Å². The summed E-state index contributed by atoms with van der Waals surface area (Å²) in [6.45, 7) is 10.8. The van der Waals surface area contributed by atoms with Crippen molar-refractivity contribution >= 4 is 11.6 Å². The molecule has 5 nitrogen and oxygen atoms in total. The number of hydrogen-bond donors (Lipinski definition) is 2. The highest BCUT2D eigenvalue weighted by Crippen LogP contribution is 2.68. The summed E-state index contributed by atoms with van der Waals surface area (Å²) in [6, 6.07) is 0. The van der Waals surface area contributed by atoms with Gasteiger partial charge in [-0.2, -0.15) is 0 Å². The molecule has 4 saturated carbocycles. The molecule has 1 aliphatic heterocycles. The first-order chi connectivity index (χ1) is 15.0. The SMILES string of the molecule is CC(C)C1OC2CC3C4CC(=O)C5CC(O)CCC5(C)C4C(O)CC3(C)C2C(C)CC1=O. The summed E-state index contributed by atoms with van der Waals surface area (Å²) in [5.41, 5.74) is -0.345. The molecule has 32 heavy (non-hydrogen) atoms. The first-order valence-electron chi connectivity index (χ1n) is 13.0. The number of aliphatic hydroxyl groups is 2. The maximum absolute atomic E-state index is 13.4. The van der Waals surface area contributed by atoms with Gasteiger partial charge in [0.25, 0.3) is 0 Å². The topological polar surface area (TPSA) is 83.8 Å². The molecule has 180 valence electrons. The van der Waals surface area contributed by atoms with Gasteiger partial charge in [0.2, 0.25) is 0 Å². The van der Waals surface area contributed by atoms with Crippen LogP contribution in [0.1, 0.15) is 79.6 Å². The quantitative estimate of drug-likeness (QED) is 0.640. The van der Waals surface area contributed by atoms with Crippen molar-refractivity contribution in [3.8, 4) is 0 Å².